The second kappa shape index (κ2) is 9.88. The third-order valence-corrected chi connectivity index (χ3v) is 7.43. The molecule has 0 N–H and O–H groups in total. The molecule has 6 heteroatoms. The molecule has 1 aromatic heterocycles. The predicted octanol–water partition coefficient (Wildman–Crippen LogP) is 5.82. The van der Waals surface area contributed by atoms with Gasteiger partial charge in [0.05, 0.1) is 6.04 Å². The molecule has 166 valence electrons. The van der Waals surface area contributed by atoms with Crippen LogP contribution in [0.3, 0.4) is 0 Å². The Kier molecular flexibility index (Phi) is 6.97. The second-order valence-electron chi connectivity index (χ2n) is 8.15. The average molecular weight is 467 g/mol. The zero-order valence-electron chi connectivity index (χ0n) is 18.3. The van der Waals surface area contributed by atoms with Crippen LogP contribution in [-0.2, 0) is 11.2 Å². The highest BCUT2D eigenvalue weighted by Gasteiger charge is 2.34. The molecule has 2 unspecified atom stereocenters. The van der Waals surface area contributed by atoms with Crippen molar-refractivity contribution >= 4 is 34.8 Å². The quantitative estimate of drug-likeness (QED) is 0.459. The Bertz CT molecular complexity index is 1080. The van der Waals surface area contributed by atoms with Crippen molar-refractivity contribution in [2.45, 2.75) is 38.8 Å². The fourth-order valence-electron chi connectivity index (χ4n) is 4.22. The smallest absolute Gasteiger partial charge is 0.254 e. The van der Waals surface area contributed by atoms with Crippen molar-refractivity contribution in [2.75, 3.05) is 13.1 Å². The maximum absolute atomic E-state index is 13.6. The summed E-state index contributed by atoms with van der Waals surface area (Å²) in [6.45, 7) is 4.72. The van der Waals surface area contributed by atoms with E-state index >= 15 is 0 Å². The molecule has 0 aliphatic carbocycles. The zero-order valence-corrected chi connectivity index (χ0v) is 19.9. The molecule has 4 nitrogen and oxygen atoms in total. The number of hydrogen-bond donors (Lipinski definition) is 0. The van der Waals surface area contributed by atoms with E-state index in [1.807, 2.05) is 36.9 Å². The summed E-state index contributed by atoms with van der Waals surface area (Å²) in [6.07, 6.45) is 1.61. The fourth-order valence-corrected chi connectivity index (χ4v) is 5.25. The summed E-state index contributed by atoms with van der Waals surface area (Å²) in [5, 5.41) is 2.68. The van der Waals surface area contributed by atoms with Gasteiger partial charge in [0.2, 0.25) is 5.91 Å². The Morgan fingerprint density at radius 3 is 2.53 bits per heavy atom. The molecule has 32 heavy (non-hydrogen) atoms. The van der Waals surface area contributed by atoms with Gasteiger partial charge in [-0.25, -0.2) is 0 Å². The van der Waals surface area contributed by atoms with Crippen LogP contribution in [0.5, 0.6) is 0 Å². The van der Waals surface area contributed by atoms with Gasteiger partial charge in [-0.15, -0.1) is 11.3 Å². The Balaban J connectivity index is 1.62. The van der Waals surface area contributed by atoms with Gasteiger partial charge in [0.15, 0.2) is 0 Å². The molecule has 1 aliphatic rings. The number of thiophene rings is 1. The number of benzene rings is 2. The third-order valence-electron chi connectivity index (χ3n) is 6.18. The molecule has 0 fully saturated rings. The molecule has 0 spiro atoms. The van der Waals surface area contributed by atoms with Crippen LogP contribution in [0.1, 0.15) is 52.7 Å². The molecule has 0 saturated heterocycles. The minimum Gasteiger partial charge on any atom is -0.330 e. The number of amides is 2. The molecule has 2 aromatic carbocycles. The largest absolute Gasteiger partial charge is 0.330 e. The Hall–Kier alpha value is -2.63. The predicted molar refractivity (Wildman–Crippen MR) is 130 cm³/mol. The molecule has 3 aromatic rings. The van der Waals surface area contributed by atoms with E-state index in [0.717, 1.165) is 18.4 Å². The number of nitrogens with zero attached hydrogens (tertiary/aromatic N) is 2. The van der Waals surface area contributed by atoms with Gasteiger partial charge in [0.25, 0.3) is 5.91 Å². The number of halogens is 1. The molecular formula is C26H27ClN2O2S. The lowest BCUT2D eigenvalue weighted by molar-refractivity contribution is -0.134. The van der Waals surface area contributed by atoms with Gasteiger partial charge in [0, 0.05) is 28.0 Å². The van der Waals surface area contributed by atoms with Crippen LogP contribution in [0.4, 0.5) is 0 Å². The summed E-state index contributed by atoms with van der Waals surface area (Å²) in [5.41, 5.74) is 2.83. The van der Waals surface area contributed by atoms with Crippen LogP contribution in [-0.4, -0.2) is 40.7 Å². The van der Waals surface area contributed by atoms with E-state index in [9.17, 15) is 9.59 Å². The Labute approximate surface area is 198 Å². The average Bonchev–Trinajstić information content (AvgIpc) is 3.31. The van der Waals surface area contributed by atoms with E-state index in [1.54, 1.807) is 40.5 Å². The van der Waals surface area contributed by atoms with Gasteiger partial charge in [-0.3, -0.25) is 9.59 Å². The summed E-state index contributed by atoms with van der Waals surface area (Å²) >= 11 is 7.74. The van der Waals surface area contributed by atoms with Gasteiger partial charge >= 0.3 is 0 Å². The second-order valence-corrected chi connectivity index (χ2v) is 9.58. The monoisotopic (exact) mass is 466 g/mol. The van der Waals surface area contributed by atoms with Gasteiger partial charge in [-0.05, 0) is 66.6 Å². The van der Waals surface area contributed by atoms with E-state index < -0.39 is 0 Å². The molecule has 2 heterocycles. The van der Waals surface area contributed by atoms with Crippen molar-refractivity contribution in [3.63, 3.8) is 0 Å². The van der Waals surface area contributed by atoms with Crippen LogP contribution in [0.15, 0.2) is 66.0 Å². The number of carbonyl (C=O) groups is 2. The van der Waals surface area contributed by atoms with E-state index in [2.05, 4.69) is 23.6 Å². The maximum atomic E-state index is 13.6. The van der Waals surface area contributed by atoms with E-state index in [-0.39, 0.29) is 30.4 Å². The first kappa shape index (κ1) is 22.6. The Morgan fingerprint density at radius 1 is 1.12 bits per heavy atom. The molecule has 0 saturated carbocycles. The number of carbonyl (C=O) groups excluding carboxylic acids is 2. The van der Waals surface area contributed by atoms with Gasteiger partial charge in [-0.2, -0.15) is 0 Å². The molecule has 4 rings (SSSR count). The van der Waals surface area contributed by atoms with Crippen molar-refractivity contribution in [2.24, 2.45) is 0 Å². The SMILES string of the molecule is CCC(C)N(CC(=O)N1CCc2sccc2C1c1ccccc1)C(=O)c1ccc(Cl)cc1. The minimum absolute atomic E-state index is 0.0293. The van der Waals surface area contributed by atoms with E-state index in [1.165, 1.54) is 10.4 Å². The van der Waals surface area contributed by atoms with E-state index in [4.69, 9.17) is 11.6 Å². The standard InChI is InChI=1S/C26H27ClN2O2S/c1-3-18(2)29(26(31)20-9-11-21(27)12-10-20)17-24(30)28-15-13-23-22(14-16-32-23)25(28)19-7-5-4-6-8-19/h4-12,14,16,18,25H,3,13,15,17H2,1-2H3. The maximum Gasteiger partial charge on any atom is 0.254 e. The zero-order chi connectivity index (χ0) is 22.7. The van der Waals surface area contributed by atoms with Crippen molar-refractivity contribution in [1.29, 1.82) is 0 Å². The first-order valence-electron chi connectivity index (χ1n) is 11.0. The molecule has 1 aliphatic heterocycles. The summed E-state index contributed by atoms with van der Waals surface area (Å²) in [7, 11) is 0. The highest BCUT2D eigenvalue weighted by Crippen LogP contribution is 2.37. The summed E-state index contributed by atoms with van der Waals surface area (Å²) < 4.78 is 0. The minimum atomic E-state index is -0.145. The molecule has 2 amide bonds. The summed E-state index contributed by atoms with van der Waals surface area (Å²) in [6, 6.07) is 19.0. The van der Waals surface area contributed by atoms with Crippen LogP contribution < -0.4 is 0 Å². The molecule has 2 atom stereocenters. The number of hydrogen-bond acceptors (Lipinski definition) is 3. The molecule has 0 radical (unpaired) electrons. The fraction of sp³-hybridized carbons (Fsp3) is 0.308. The number of rotatable bonds is 6. The van der Waals surface area contributed by atoms with Gasteiger partial charge < -0.3 is 9.80 Å². The first-order valence-corrected chi connectivity index (χ1v) is 12.2. The molecule has 0 bridgehead atoms. The Morgan fingerprint density at radius 2 is 1.84 bits per heavy atom. The van der Waals surface area contributed by atoms with E-state index in [0.29, 0.717) is 17.1 Å². The van der Waals surface area contributed by atoms with Crippen LogP contribution in [0, 0.1) is 0 Å². The van der Waals surface area contributed by atoms with Crippen LogP contribution >= 0.6 is 22.9 Å². The third kappa shape index (κ3) is 4.59. The lowest BCUT2D eigenvalue weighted by atomic mass is 9.93. The first-order chi connectivity index (χ1) is 15.5. The van der Waals surface area contributed by atoms with Crippen LogP contribution in [0.2, 0.25) is 5.02 Å². The lowest BCUT2D eigenvalue weighted by Gasteiger charge is -2.38. The summed E-state index contributed by atoms with van der Waals surface area (Å²) in [5.74, 6) is -0.174. The molecular weight excluding hydrogens is 440 g/mol. The highest BCUT2D eigenvalue weighted by molar-refractivity contribution is 7.10. The lowest BCUT2D eigenvalue weighted by Crippen LogP contribution is -2.49. The highest BCUT2D eigenvalue weighted by atomic mass is 35.5. The normalized spacial score (nSPS) is 16.3. The summed E-state index contributed by atoms with van der Waals surface area (Å²) in [4.78, 5) is 31.9. The topological polar surface area (TPSA) is 40.6 Å². The van der Waals surface area contributed by atoms with Gasteiger partial charge in [0.1, 0.15) is 6.54 Å². The number of fused-ring (bicyclic) bond motifs is 1. The van der Waals surface area contributed by atoms with Crippen molar-refractivity contribution < 1.29 is 9.59 Å². The van der Waals surface area contributed by atoms with Gasteiger partial charge in [-0.1, -0.05) is 48.9 Å². The van der Waals surface area contributed by atoms with Crippen molar-refractivity contribution in [1.82, 2.24) is 9.80 Å². The van der Waals surface area contributed by atoms with Crippen molar-refractivity contribution in [3.8, 4) is 0 Å². The van der Waals surface area contributed by atoms with Crippen molar-refractivity contribution in [3.05, 3.63) is 92.6 Å². The van der Waals surface area contributed by atoms with Crippen LogP contribution in [0.25, 0.3) is 0 Å².